The van der Waals surface area contributed by atoms with Gasteiger partial charge in [0.2, 0.25) is 0 Å². The molecule has 0 unspecified atom stereocenters. The SMILES string of the molecule is COc1ccc(CN(Cc2ccc(C)cc2)c2cc(C(C)(C)C#N)c(OCCO)cn2)cc1. The van der Waals surface area contributed by atoms with Crippen LogP contribution in [0.25, 0.3) is 0 Å². The fraction of sp³-hybridized carbons (Fsp3) is 0.333. The zero-order chi connectivity index (χ0) is 23.8. The molecule has 1 aromatic heterocycles. The van der Waals surface area contributed by atoms with Gasteiger partial charge in [0, 0.05) is 18.7 Å². The van der Waals surface area contributed by atoms with Gasteiger partial charge in [0.25, 0.3) is 0 Å². The minimum Gasteiger partial charge on any atom is -0.497 e. The van der Waals surface area contributed by atoms with Crippen LogP contribution in [-0.2, 0) is 18.5 Å². The van der Waals surface area contributed by atoms with Crippen LogP contribution in [0.5, 0.6) is 11.5 Å². The van der Waals surface area contributed by atoms with E-state index in [2.05, 4.69) is 47.1 Å². The van der Waals surface area contributed by atoms with E-state index in [0.717, 1.165) is 28.3 Å². The molecule has 3 rings (SSSR count). The molecule has 0 amide bonds. The van der Waals surface area contributed by atoms with E-state index >= 15 is 0 Å². The first-order valence-corrected chi connectivity index (χ1v) is 10.9. The Labute approximate surface area is 196 Å². The second kappa shape index (κ2) is 10.8. The number of aliphatic hydroxyl groups excluding tert-OH is 1. The van der Waals surface area contributed by atoms with Crippen LogP contribution in [0.15, 0.2) is 60.8 Å². The number of rotatable bonds is 10. The van der Waals surface area contributed by atoms with Crippen LogP contribution in [0.3, 0.4) is 0 Å². The van der Waals surface area contributed by atoms with E-state index in [1.807, 2.05) is 44.2 Å². The molecule has 3 aromatic rings. The van der Waals surface area contributed by atoms with Crippen molar-refractivity contribution >= 4 is 5.82 Å². The molecule has 0 bridgehead atoms. The van der Waals surface area contributed by atoms with Crippen molar-refractivity contribution in [2.75, 3.05) is 25.2 Å². The summed E-state index contributed by atoms with van der Waals surface area (Å²) in [6.45, 7) is 7.11. The van der Waals surface area contributed by atoms with Crippen molar-refractivity contribution in [2.45, 2.75) is 39.3 Å². The molecular formula is C27H31N3O3. The third kappa shape index (κ3) is 6.24. The van der Waals surface area contributed by atoms with Crippen LogP contribution in [0.1, 0.15) is 36.1 Å². The molecule has 6 heteroatoms. The third-order valence-corrected chi connectivity index (χ3v) is 5.51. The van der Waals surface area contributed by atoms with Crippen molar-refractivity contribution in [3.63, 3.8) is 0 Å². The summed E-state index contributed by atoms with van der Waals surface area (Å²) in [6, 6.07) is 20.7. The molecule has 33 heavy (non-hydrogen) atoms. The lowest BCUT2D eigenvalue weighted by Crippen LogP contribution is -2.25. The van der Waals surface area contributed by atoms with Crippen molar-refractivity contribution < 1.29 is 14.6 Å². The van der Waals surface area contributed by atoms with Crippen LogP contribution >= 0.6 is 0 Å². The lowest BCUT2D eigenvalue weighted by molar-refractivity contribution is 0.199. The van der Waals surface area contributed by atoms with Gasteiger partial charge < -0.3 is 19.5 Å². The number of hydrogen-bond donors (Lipinski definition) is 1. The Morgan fingerprint density at radius 1 is 1.03 bits per heavy atom. The molecule has 0 saturated heterocycles. The van der Waals surface area contributed by atoms with Gasteiger partial charge in [0.1, 0.15) is 23.9 Å². The number of aryl methyl sites for hydroxylation is 1. The summed E-state index contributed by atoms with van der Waals surface area (Å²) in [5.41, 5.74) is 3.45. The highest BCUT2D eigenvalue weighted by Crippen LogP contribution is 2.34. The van der Waals surface area contributed by atoms with E-state index in [4.69, 9.17) is 9.47 Å². The predicted octanol–water partition coefficient (Wildman–Crippen LogP) is 4.78. The summed E-state index contributed by atoms with van der Waals surface area (Å²) in [5, 5.41) is 19.0. The molecule has 1 N–H and O–H groups in total. The second-order valence-corrected chi connectivity index (χ2v) is 8.54. The van der Waals surface area contributed by atoms with E-state index < -0.39 is 5.41 Å². The number of anilines is 1. The van der Waals surface area contributed by atoms with Gasteiger partial charge in [-0.2, -0.15) is 5.26 Å². The topological polar surface area (TPSA) is 78.6 Å². The quantitative estimate of drug-likeness (QED) is 0.484. The third-order valence-electron chi connectivity index (χ3n) is 5.51. The van der Waals surface area contributed by atoms with Gasteiger partial charge in [0.05, 0.1) is 31.4 Å². The fourth-order valence-electron chi connectivity index (χ4n) is 3.51. The number of benzene rings is 2. The number of aliphatic hydroxyl groups is 1. The number of pyridine rings is 1. The Bertz CT molecular complexity index is 1090. The van der Waals surface area contributed by atoms with E-state index in [0.29, 0.717) is 18.8 Å². The van der Waals surface area contributed by atoms with Crippen LogP contribution < -0.4 is 14.4 Å². The highest BCUT2D eigenvalue weighted by Gasteiger charge is 2.26. The standard InChI is InChI=1S/C27H31N3O3/c1-20-5-7-21(8-6-20)17-30(18-22-9-11-23(32-4)12-10-22)26-15-24(27(2,3)19-28)25(16-29-26)33-14-13-31/h5-12,15-16,31H,13-14,17-18H2,1-4H3. The molecule has 2 aromatic carbocycles. The zero-order valence-electron chi connectivity index (χ0n) is 19.7. The minimum atomic E-state index is -0.780. The van der Waals surface area contributed by atoms with Crippen molar-refractivity contribution in [2.24, 2.45) is 0 Å². The lowest BCUT2D eigenvalue weighted by Gasteiger charge is -2.27. The first-order valence-electron chi connectivity index (χ1n) is 10.9. The molecule has 0 aliphatic carbocycles. The molecule has 1 heterocycles. The number of aromatic nitrogens is 1. The van der Waals surface area contributed by atoms with Crippen molar-refractivity contribution in [3.05, 3.63) is 83.0 Å². The number of hydrogen-bond acceptors (Lipinski definition) is 6. The van der Waals surface area contributed by atoms with E-state index in [1.54, 1.807) is 13.3 Å². The Kier molecular flexibility index (Phi) is 7.92. The number of nitriles is 1. The predicted molar refractivity (Wildman–Crippen MR) is 130 cm³/mol. The average molecular weight is 446 g/mol. The number of nitrogens with zero attached hydrogens (tertiary/aromatic N) is 3. The maximum Gasteiger partial charge on any atom is 0.142 e. The first-order chi connectivity index (χ1) is 15.9. The highest BCUT2D eigenvalue weighted by atomic mass is 16.5. The highest BCUT2D eigenvalue weighted by molar-refractivity contribution is 5.52. The van der Waals surface area contributed by atoms with Gasteiger partial charge >= 0.3 is 0 Å². The Balaban J connectivity index is 2.01. The first kappa shape index (κ1) is 24.1. The minimum absolute atomic E-state index is 0.106. The van der Waals surface area contributed by atoms with Crippen LogP contribution in [0.4, 0.5) is 5.82 Å². The second-order valence-electron chi connectivity index (χ2n) is 8.54. The largest absolute Gasteiger partial charge is 0.497 e. The van der Waals surface area contributed by atoms with Crippen LogP contribution in [0.2, 0.25) is 0 Å². The van der Waals surface area contributed by atoms with Gasteiger partial charge in [0.15, 0.2) is 0 Å². The van der Waals surface area contributed by atoms with Crippen molar-refractivity contribution in [3.8, 4) is 17.6 Å². The summed E-state index contributed by atoms with van der Waals surface area (Å²) in [5.74, 6) is 2.07. The maximum atomic E-state index is 9.77. The maximum absolute atomic E-state index is 9.77. The Morgan fingerprint density at radius 2 is 1.64 bits per heavy atom. The molecule has 0 saturated carbocycles. The summed E-state index contributed by atoms with van der Waals surface area (Å²) < 4.78 is 11.0. The molecule has 0 aliphatic rings. The van der Waals surface area contributed by atoms with Gasteiger partial charge in [-0.1, -0.05) is 42.0 Å². The molecular weight excluding hydrogens is 414 g/mol. The lowest BCUT2D eigenvalue weighted by atomic mass is 9.86. The van der Waals surface area contributed by atoms with E-state index in [-0.39, 0.29) is 13.2 Å². The Morgan fingerprint density at radius 3 is 2.18 bits per heavy atom. The molecule has 0 radical (unpaired) electrons. The van der Waals surface area contributed by atoms with Gasteiger partial charge in [-0.15, -0.1) is 0 Å². The van der Waals surface area contributed by atoms with Gasteiger partial charge in [-0.25, -0.2) is 4.98 Å². The van der Waals surface area contributed by atoms with E-state index in [9.17, 15) is 10.4 Å². The van der Waals surface area contributed by atoms with Gasteiger partial charge in [-0.3, -0.25) is 0 Å². The zero-order valence-corrected chi connectivity index (χ0v) is 19.7. The molecule has 6 nitrogen and oxygen atoms in total. The smallest absolute Gasteiger partial charge is 0.142 e. The summed E-state index contributed by atoms with van der Waals surface area (Å²) in [7, 11) is 1.65. The van der Waals surface area contributed by atoms with Crippen molar-refractivity contribution in [1.82, 2.24) is 4.98 Å². The average Bonchev–Trinajstić information content (AvgIpc) is 2.84. The summed E-state index contributed by atoms with van der Waals surface area (Å²) in [6.07, 6.45) is 1.65. The fourth-order valence-corrected chi connectivity index (χ4v) is 3.51. The van der Waals surface area contributed by atoms with Gasteiger partial charge in [-0.05, 0) is 50.1 Å². The summed E-state index contributed by atoms with van der Waals surface area (Å²) >= 11 is 0. The molecule has 0 atom stereocenters. The number of methoxy groups -OCH3 is 1. The monoisotopic (exact) mass is 445 g/mol. The normalized spacial score (nSPS) is 11.0. The van der Waals surface area contributed by atoms with Crippen LogP contribution in [-0.4, -0.2) is 30.4 Å². The molecule has 0 aliphatic heterocycles. The molecule has 0 fully saturated rings. The molecule has 172 valence electrons. The summed E-state index contributed by atoms with van der Waals surface area (Å²) in [4.78, 5) is 6.85. The van der Waals surface area contributed by atoms with Crippen LogP contribution in [0, 0.1) is 18.3 Å². The van der Waals surface area contributed by atoms with E-state index in [1.165, 1.54) is 5.56 Å². The Hall–Kier alpha value is -3.56. The van der Waals surface area contributed by atoms with Crippen molar-refractivity contribution in [1.29, 1.82) is 5.26 Å². The number of ether oxygens (including phenoxy) is 2. The molecule has 0 spiro atoms.